The van der Waals surface area contributed by atoms with Crippen LogP contribution in [0.15, 0.2) is 47.1 Å². The third-order valence-electron chi connectivity index (χ3n) is 9.09. The maximum absolute atomic E-state index is 15.8. The number of aryl methyl sites for hydroxylation is 1. The molecule has 2 aliphatic carbocycles. The molecule has 0 bridgehead atoms. The molecule has 1 aromatic heterocycles. The van der Waals surface area contributed by atoms with Gasteiger partial charge in [-0.25, -0.2) is 9.37 Å². The molecule has 2 aromatic carbocycles. The molecule has 47 heavy (non-hydrogen) atoms. The minimum absolute atomic E-state index is 0.132. The van der Waals surface area contributed by atoms with Gasteiger partial charge in [0.2, 0.25) is 0 Å². The van der Waals surface area contributed by atoms with Crippen molar-refractivity contribution in [2.45, 2.75) is 83.8 Å². The summed E-state index contributed by atoms with van der Waals surface area (Å²) < 4.78 is 26.9. The number of carbonyl (C=O) groups excluding carboxylic acids is 3. The van der Waals surface area contributed by atoms with E-state index in [2.05, 4.69) is 39.6 Å². The van der Waals surface area contributed by atoms with E-state index in [4.69, 9.17) is 9.15 Å². The maximum Gasteiger partial charge on any atom is 0.309 e. The quantitative estimate of drug-likeness (QED) is 0.278. The molecule has 10 nitrogen and oxygen atoms in total. The van der Waals surface area contributed by atoms with Gasteiger partial charge in [-0.15, -0.1) is 0 Å². The first-order valence-corrected chi connectivity index (χ1v) is 16.6. The highest BCUT2D eigenvalue weighted by molar-refractivity contribution is 6.06. The first-order valence-electron chi connectivity index (χ1n) is 16.6. The second-order valence-corrected chi connectivity index (χ2v) is 14.0. The van der Waals surface area contributed by atoms with Crippen molar-refractivity contribution >= 4 is 34.8 Å². The van der Waals surface area contributed by atoms with Crippen molar-refractivity contribution in [1.29, 1.82) is 0 Å². The number of oxazole rings is 1. The van der Waals surface area contributed by atoms with E-state index >= 15 is 4.39 Å². The largest absolute Gasteiger partial charge is 0.460 e. The average molecular weight is 646 g/mol. The number of hydrogen-bond donors (Lipinski definition) is 2. The number of nitrogens with one attached hydrogen (secondary N) is 2. The van der Waals surface area contributed by atoms with Gasteiger partial charge in [-0.05, 0) is 77.5 Å². The summed E-state index contributed by atoms with van der Waals surface area (Å²) in [5.74, 6) is -1.61. The van der Waals surface area contributed by atoms with Crippen molar-refractivity contribution in [3.05, 3.63) is 71.2 Å². The molecule has 2 heterocycles. The van der Waals surface area contributed by atoms with Crippen LogP contribution in [0.2, 0.25) is 0 Å². The second-order valence-electron chi connectivity index (χ2n) is 14.0. The summed E-state index contributed by atoms with van der Waals surface area (Å²) >= 11 is 0. The summed E-state index contributed by atoms with van der Waals surface area (Å²) in [4.78, 5) is 48.3. The van der Waals surface area contributed by atoms with E-state index in [1.54, 1.807) is 0 Å². The molecule has 2 atom stereocenters. The number of carbonyl (C=O) groups is 3. The number of amides is 2. The van der Waals surface area contributed by atoms with Crippen LogP contribution in [0.3, 0.4) is 0 Å². The molecule has 1 saturated heterocycles. The van der Waals surface area contributed by atoms with E-state index in [0.29, 0.717) is 62.7 Å². The zero-order chi connectivity index (χ0) is 33.3. The molecule has 2 amide bonds. The van der Waals surface area contributed by atoms with Crippen LogP contribution in [0, 0.1) is 18.7 Å². The van der Waals surface area contributed by atoms with Gasteiger partial charge in [-0.2, -0.15) is 0 Å². The molecule has 3 fully saturated rings. The number of nitrogens with zero attached hydrogens (tertiary/aromatic N) is 3. The number of benzene rings is 2. The van der Waals surface area contributed by atoms with Gasteiger partial charge in [0.05, 0.1) is 22.9 Å². The van der Waals surface area contributed by atoms with Gasteiger partial charge >= 0.3 is 5.97 Å². The molecule has 250 valence electrons. The third kappa shape index (κ3) is 7.77. The van der Waals surface area contributed by atoms with Crippen molar-refractivity contribution < 1.29 is 27.9 Å². The summed E-state index contributed by atoms with van der Waals surface area (Å²) in [5.41, 5.74) is 2.51. The van der Waals surface area contributed by atoms with Crippen molar-refractivity contribution in [2.24, 2.45) is 5.92 Å². The normalized spacial score (nSPS) is 20.1. The number of hydrogen-bond acceptors (Lipinski definition) is 8. The fraction of sp³-hybridized carbons (Fsp3) is 0.500. The number of halogens is 1. The molecular weight excluding hydrogens is 601 g/mol. The lowest BCUT2D eigenvalue weighted by atomic mass is 9.85. The molecule has 11 heteroatoms. The van der Waals surface area contributed by atoms with E-state index in [9.17, 15) is 14.4 Å². The van der Waals surface area contributed by atoms with Crippen LogP contribution in [-0.4, -0.2) is 60.6 Å². The smallest absolute Gasteiger partial charge is 0.309 e. The lowest BCUT2D eigenvalue weighted by Gasteiger charge is -2.38. The first-order chi connectivity index (χ1) is 22.4. The maximum atomic E-state index is 15.8. The fourth-order valence-electron chi connectivity index (χ4n) is 6.48. The molecule has 3 aromatic rings. The number of esters is 1. The van der Waals surface area contributed by atoms with Crippen LogP contribution < -0.4 is 20.4 Å². The average Bonchev–Trinajstić information content (AvgIpc) is 3.77. The SMILES string of the molecule is Cc1ccccc1N1CCN(c2cc(F)c(C(=O)N[C@@H]3CCC[C@H](C(=O)OC(C)(C)C)C3)cc2NC(=O)c2coc(C3CC3)n2)CC1. The lowest BCUT2D eigenvalue weighted by Crippen LogP contribution is -2.47. The van der Waals surface area contributed by atoms with Crippen LogP contribution >= 0.6 is 0 Å². The summed E-state index contributed by atoms with van der Waals surface area (Å²) in [7, 11) is 0. The predicted octanol–water partition coefficient (Wildman–Crippen LogP) is 6.21. The van der Waals surface area contributed by atoms with E-state index in [-0.39, 0.29) is 35.1 Å². The number of para-hydroxylation sites is 1. The van der Waals surface area contributed by atoms with Crippen LogP contribution in [0.25, 0.3) is 0 Å². The van der Waals surface area contributed by atoms with Crippen LogP contribution in [0.5, 0.6) is 0 Å². The lowest BCUT2D eigenvalue weighted by molar-refractivity contribution is -0.161. The highest BCUT2D eigenvalue weighted by Crippen LogP contribution is 2.39. The minimum atomic E-state index is -0.686. The fourth-order valence-corrected chi connectivity index (χ4v) is 6.48. The van der Waals surface area contributed by atoms with Gasteiger partial charge in [-0.3, -0.25) is 14.4 Å². The number of ether oxygens (including phenoxy) is 1. The number of piperazine rings is 1. The standard InChI is InChI=1S/C36H44FN5O5/c1-22-8-5-6-11-30(22)41-14-16-42(17-15-41)31-20-27(37)26(19-28(31)39-33(44)29-21-46-34(40-29)23-12-13-23)32(43)38-25-10-7-9-24(18-25)35(45)47-36(2,3)4/h5-6,8,11,19-21,23-25H,7,9-10,12-18H2,1-4H3,(H,38,43)(H,39,44)/t24-,25+/m0/s1. The Balaban J connectivity index is 1.21. The van der Waals surface area contributed by atoms with E-state index in [1.165, 1.54) is 24.0 Å². The summed E-state index contributed by atoms with van der Waals surface area (Å²) in [6, 6.07) is 10.6. The summed E-state index contributed by atoms with van der Waals surface area (Å²) in [6.07, 6.45) is 5.82. The number of aromatic nitrogens is 1. The molecule has 0 unspecified atom stereocenters. The van der Waals surface area contributed by atoms with Crippen LogP contribution in [0.1, 0.15) is 97.5 Å². The Labute approximate surface area is 275 Å². The molecule has 0 spiro atoms. The van der Waals surface area contributed by atoms with E-state index < -0.39 is 23.2 Å². The van der Waals surface area contributed by atoms with Gasteiger partial charge in [0.15, 0.2) is 11.6 Å². The predicted molar refractivity (Wildman–Crippen MR) is 177 cm³/mol. The molecule has 6 rings (SSSR count). The highest BCUT2D eigenvalue weighted by atomic mass is 19.1. The van der Waals surface area contributed by atoms with Crippen molar-refractivity contribution in [2.75, 3.05) is 41.3 Å². The molecule has 2 N–H and O–H groups in total. The van der Waals surface area contributed by atoms with Gasteiger partial charge in [0.25, 0.3) is 11.8 Å². The van der Waals surface area contributed by atoms with Crippen molar-refractivity contribution in [3.8, 4) is 0 Å². The summed E-state index contributed by atoms with van der Waals surface area (Å²) in [6.45, 7) is 10.2. The minimum Gasteiger partial charge on any atom is -0.460 e. The Hall–Kier alpha value is -4.41. The van der Waals surface area contributed by atoms with Crippen LogP contribution in [0.4, 0.5) is 21.5 Å². The second kappa shape index (κ2) is 13.4. The molecule has 3 aliphatic rings. The monoisotopic (exact) mass is 645 g/mol. The summed E-state index contributed by atoms with van der Waals surface area (Å²) in [5, 5.41) is 5.83. The zero-order valence-electron chi connectivity index (χ0n) is 27.6. The van der Waals surface area contributed by atoms with Crippen molar-refractivity contribution in [1.82, 2.24) is 10.3 Å². The Morgan fingerprint density at radius 1 is 0.957 bits per heavy atom. The number of rotatable bonds is 8. The topological polar surface area (TPSA) is 117 Å². The van der Waals surface area contributed by atoms with Gasteiger partial charge in [-0.1, -0.05) is 24.6 Å². The van der Waals surface area contributed by atoms with Crippen molar-refractivity contribution in [3.63, 3.8) is 0 Å². The molecule has 0 radical (unpaired) electrons. The van der Waals surface area contributed by atoms with Gasteiger partial charge in [0, 0.05) is 49.9 Å². The Morgan fingerprint density at radius 2 is 1.66 bits per heavy atom. The van der Waals surface area contributed by atoms with Gasteiger partial charge in [0.1, 0.15) is 17.7 Å². The van der Waals surface area contributed by atoms with Crippen LogP contribution in [-0.2, 0) is 9.53 Å². The molecule has 1 aliphatic heterocycles. The Bertz CT molecular complexity index is 1640. The van der Waals surface area contributed by atoms with E-state index in [1.807, 2.05) is 37.8 Å². The third-order valence-corrected chi connectivity index (χ3v) is 9.09. The molecular formula is C36H44FN5O5. The highest BCUT2D eigenvalue weighted by Gasteiger charge is 2.33. The van der Waals surface area contributed by atoms with Gasteiger partial charge < -0.3 is 29.6 Å². The molecule has 2 saturated carbocycles. The zero-order valence-corrected chi connectivity index (χ0v) is 27.6. The number of anilines is 3. The Morgan fingerprint density at radius 3 is 2.34 bits per heavy atom. The first kappa shape index (κ1) is 32.5. The van der Waals surface area contributed by atoms with E-state index in [0.717, 1.165) is 24.9 Å². The Kier molecular flexibility index (Phi) is 9.25.